The average Bonchev–Trinajstić information content (AvgIpc) is 2.42. The van der Waals surface area contributed by atoms with Gasteiger partial charge < -0.3 is 19.7 Å². The molecule has 0 aliphatic carbocycles. The molecule has 0 aromatic heterocycles. The Balaban J connectivity index is 2.03. The van der Waals surface area contributed by atoms with Gasteiger partial charge in [-0.2, -0.15) is 0 Å². The molecule has 0 saturated carbocycles. The van der Waals surface area contributed by atoms with Gasteiger partial charge in [-0.3, -0.25) is 4.79 Å². The summed E-state index contributed by atoms with van der Waals surface area (Å²) in [6.07, 6.45) is 2.93. The lowest BCUT2D eigenvalue weighted by Gasteiger charge is -2.31. The lowest BCUT2D eigenvalue weighted by atomic mass is 9.96. The summed E-state index contributed by atoms with van der Waals surface area (Å²) >= 11 is 0. The van der Waals surface area contributed by atoms with Crippen molar-refractivity contribution in [2.24, 2.45) is 5.92 Å². The average molecular weight is 258 g/mol. The van der Waals surface area contributed by atoms with Crippen molar-refractivity contribution in [2.45, 2.75) is 19.3 Å². The van der Waals surface area contributed by atoms with Crippen LogP contribution in [0.1, 0.15) is 19.3 Å². The minimum atomic E-state index is -0.113. The highest BCUT2D eigenvalue weighted by molar-refractivity contribution is 5.69. The van der Waals surface area contributed by atoms with Gasteiger partial charge in [-0.25, -0.2) is 0 Å². The molecule has 0 aromatic carbocycles. The Morgan fingerprint density at radius 3 is 2.67 bits per heavy atom. The van der Waals surface area contributed by atoms with Crippen LogP contribution in [0.4, 0.5) is 0 Å². The zero-order chi connectivity index (χ0) is 13.2. The molecule has 0 amide bonds. The maximum atomic E-state index is 11.1. The smallest absolute Gasteiger partial charge is 0.306 e. The summed E-state index contributed by atoms with van der Waals surface area (Å²) in [4.78, 5) is 13.4. The molecule has 0 atom stereocenters. The van der Waals surface area contributed by atoms with Crippen molar-refractivity contribution >= 4 is 5.97 Å². The maximum absolute atomic E-state index is 11.1. The second kappa shape index (κ2) is 9.30. The van der Waals surface area contributed by atoms with E-state index in [9.17, 15) is 4.79 Å². The molecule has 1 rings (SSSR count). The zero-order valence-electron chi connectivity index (χ0n) is 11.6. The topological polar surface area (TPSA) is 50.8 Å². The van der Waals surface area contributed by atoms with Crippen molar-refractivity contribution in [3.8, 4) is 0 Å². The van der Waals surface area contributed by atoms with Crippen LogP contribution in [0, 0.1) is 5.92 Å². The summed E-state index contributed by atoms with van der Waals surface area (Å²) in [7, 11) is 3.17. The fourth-order valence-electron chi connectivity index (χ4n) is 2.25. The largest absolute Gasteiger partial charge is 0.469 e. The van der Waals surface area contributed by atoms with E-state index in [-0.39, 0.29) is 5.97 Å². The van der Waals surface area contributed by atoms with Crippen molar-refractivity contribution in [1.82, 2.24) is 10.2 Å². The van der Waals surface area contributed by atoms with E-state index < -0.39 is 0 Å². The van der Waals surface area contributed by atoms with Crippen LogP contribution in [0.25, 0.3) is 0 Å². The molecule has 1 aliphatic rings. The third-order valence-corrected chi connectivity index (χ3v) is 3.48. The Labute approximate surface area is 110 Å². The molecule has 1 fully saturated rings. The van der Waals surface area contributed by atoms with E-state index in [4.69, 9.17) is 4.74 Å². The van der Waals surface area contributed by atoms with Gasteiger partial charge in [0.25, 0.3) is 0 Å². The van der Waals surface area contributed by atoms with Crippen LogP contribution in [0.5, 0.6) is 0 Å². The molecule has 0 unspecified atom stereocenters. The lowest BCUT2D eigenvalue weighted by Crippen LogP contribution is -2.38. The van der Waals surface area contributed by atoms with Crippen molar-refractivity contribution in [3.63, 3.8) is 0 Å². The fraction of sp³-hybridized carbons (Fsp3) is 0.923. The normalized spacial score (nSPS) is 17.9. The Bertz CT molecular complexity index is 228. The van der Waals surface area contributed by atoms with Gasteiger partial charge in [0.1, 0.15) is 0 Å². The minimum Gasteiger partial charge on any atom is -0.469 e. The van der Waals surface area contributed by atoms with Crippen LogP contribution >= 0.6 is 0 Å². The summed E-state index contributed by atoms with van der Waals surface area (Å²) in [5, 5.41) is 3.41. The highest BCUT2D eigenvalue weighted by atomic mass is 16.5. The summed E-state index contributed by atoms with van der Waals surface area (Å²) in [5.41, 5.74) is 0. The van der Waals surface area contributed by atoms with E-state index in [0.717, 1.165) is 45.2 Å². The Kier molecular flexibility index (Phi) is 7.96. The number of hydrogen-bond donors (Lipinski definition) is 1. The highest BCUT2D eigenvalue weighted by Gasteiger charge is 2.19. The molecular formula is C13H26N2O3. The number of nitrogens with one attached hydrogen (secondary N) is 1. The summed E-state index contributed by atoms with van der Waals surface area (Å²) < 4.78 is 9.65. The molecule has 0 radical (unpaired) electrons. The fourth-order valence-corrected chi connectivity index (χ4v) is 2.25. The predicted octanol–water partition coefficient (Wildman–Crippen LogP) is 0.498. The minimum absolute atomic E-state index is 0.113. The number of piperidine rings is 1. The predicted molar refractivity (Wildman–Crippen MR) is 70.5 cm³/mol. The molecule has 0 spiro atoms. The number of likely N-dealkylation sites (tertiary alicyclic amines) is 1. The van der Waals surface area contributed by atoms with Gasteiger partial charge in [0.15, 0.2) is 0 Å². The maximum Gasteiger partial charge on any atom is 0.306 e. The first kappa shape index (κ1) is 15.4. The summed E-state index contributed by atoms with van der Waals surface area (Å²) in [5.74, 6) is 0.648. The van der Waals surface area contributed by atoms with Crippen LogP contribution in [-0.4, -0.2) is 64.4 Å². The molecule has 18 heavy (non-hydrogen) atoms. The number of esters is 1. The number of ether oxygens (including phenoxy) is 2. The summed E-state index contributed by atoms with van der Waals surface area (Å²) in [6.45, 7) is 5.79. The van der Waals surface area contributed by atoms with Crippen LogP contribution in [0.3, 0.4) is 0 Å². The van der Waals surface area contributed by atoms with Gasteiger partial charge in [-0.15, -0.1) is 0 Å². The zero-order valence-corrected chi connectivity index (χ0v) is 11.6. The van der Waals surface area contributed by atoms with Gasteiger partial charge in [0.2, 0.25) is 0 Å². The SMILES string of the molecule is COCCNCC1CCN(CCC(=O)OC)CC1. The molecule has 5 heteroatoms. The number of methoxy groups -OCH3 is 2. The molecule has 106 valence electrons. The molecule has 1 saturated heterocycles. The Morgan fingerprint density at radius 2 is 2.06 bits per heavy atom. The van der Waals surface area contributed by atoms with Crippen LogP contribution in [0.2, 0.25) is 0 Å². The van der Waals surface area contributed by atoms with Crippen molar-refractivity contribution in [1.29, 1.82) is 0 Å². The van der Waals surface area contributed by atoms with Crippen molar-refractivity contribution in [2.75, 3.05) is 53.6 Å². The Hall–Kier alpha value is -0.650. The first-order valence-electron chi connectivity index (χ1n) is 6.75. The van der Waals surface area contributed by atoms with Crippen molar-refractivity contribution in [3.05, 3.63) is 0 Å². The molecule has 1 heterocycles. The first-order chi connectivity index (χ1) is 8.76. The number of rotatable bonds is 8. The molecule has 0 aromatic rings. The van der Waals surface area contributed by atoms with E-state index in [1.165, 1.54) is 20.0 Å². The summed E-state index contributed by atoms with van der Waals surface area (Å²) in [6, 6.07) is 0. The molecular weight excluding hydrogens is 232 g/mol. The van der Waals surface area contributed by atoms with E-state index in [0.29, 0.717) is 6.42 Å². The van der Waals surface area contributed by atoms with E-state index in [1.807, 2.05) is 0 Å². The number of hydrogen-bond acceptors (Lipinski definition) is 5. The van der Waals surface area contributed by atoms with Crippen LogP contribution in [0.15, 0.2) is 0 Å². The second-order valence-corrected chi connectivity index (χ2v) is 4.81. The standard InChI is InChI=1S/C13H26N2O3/c1-17-10-6-14-11-12-3-7-15(8-4-12)9-5-13(16)18-2/h12,14H,3-11H2,1-2H3. The molecule has 1 aliphatic heterocycles. The van der Waals surface area contributed by atoms with Gasteiger partial charge in [0.05, 0.1) is 20.1 Å². The number of nitrogens with zero attached hydrogens (tertiary/aromatic N) is 1. The Morgan fingerprint density at radius 1 is 1.33 bits per heavy atom. The van der Waals surface area contributed by atoms with Crippen molar-refractivity contribution < 1.29 is 14.3 Å². The second-order valence-electron chi connectivity index (χ2n) is 4.81. The molecule has 1 N–H and O–H groups in total. The lowest BCUT2D eigenvalue weighted by molar-refractivity contribution is -0.141. The third kappa shape index (κ3) is 6.33. The number of carbonyl (C=O) groups is 1. The van der Waals surface area contributed by atoms with Gasteiger partial charge in [0, 0.05) is 20.2 Å². The van der Waals surface area contributed by atoms with E-state index in [2.05, 4.69) is 15.0 Å². The van der Waals surface area contributed by atoms with E-state index >= 15 is 0 Å². The molecule has 0 bridgehead atoms. The van der Waals surface area contributed by atoms with Gasteiger partial charge in [-0.05, 0) is 38.4 Å². The van der Waals surface area contributed by atoms with Gasteiger partial charge >= 0.3 is 5.97 Å². The van der Waals surface area contributed by atoms with Crippen LogP contribution in [-0.2, 0) is 14.3 Å². The third-order valence-electron chi connectivity index (χ3n) is 3.48. The number of carbonyl (C=O) groups excluding carboxylic acids is 1. The van der Waals surface area contributed by atoms with Crippen LogP contribution < -0.4 is 5.32 Å². The highest BCUT2D eigenvalue weighted by Crippen LogP contribution is 2.16. The monoisotopic (exact) mass is 258 g/mol. The van der Waals surface area contributed by atoms with E-state index in [1.54, 1.807) is 7.11 Å². The van der Waals surface area contributed by atoms with Gasteiger partial charge in [-0.1, -0.05) is 0 Å². The first-order valence-corrected chi connectivity index (χ1v) is 6.75. The quantitative estimate of drug-likeness (QED) is 0.507. The molecule has 5 nitrogen and oxygen atoms in total.